The Balaban J connectivity index is 1.26. The lowest BCUT2D eigenvalue weighted by molar-refractivity contribution is 0.233. The first-order valence-electron chi connectivity index (χ1n) is 11.9. The fourth-order valence-electron chi connectivity index (χ4n) is 4.94. The van der Waals surface area contributed by atoms with Gasteiger partial charge in [-0.2, -0.15) is 0 Å². The van der Waals surface area contributed by atoms with Crippen LogP contribution in [0.3, 0.4) is 0 Å². The van der Waals surface area contributed by atoms with Crippen molar-refractivity contribution in [3.05, 3.63) is 59.7 Å². The molecule has 1 aromatic carbocycles. The number of aromatic nitrogens is 5. The van der Waals surface area contributed by atoms with Gasteiger partial charge >= 0.3 is 0 Å². The highest BCUT2D eigenvalue weighted by atomic mass is 19.1. The molecular weight excluding hydrogens is 450 g/mol. The molecule has 2 N–H and O–H groups in total. The molecule has 1 atom stereocenters. The van der Waals surface area contributed by atoms with Gasteiger partial charge in [0, 0.05) is 56.9 Å². The Bertz CT molecular complexity index is 1380. The minimum Gasteiger partial charge on any atom is -0.325 e. The largest absolute Gasteiger partial charge is 0.325 e. The Hall–Kier alpha value is -3.50. The molecule has 4 aromatic rings. The summed E-state index contributed by atoms with van der Waals surface area (Å²) in [5.41, 5.74) is 2.46. The highest BCUT2D eigenvalue weighted by molar-refractivity contribution is 5.83. The number of nitrogens with zero attached hydrogens (tertiary/aromatic N) is 6. The van der Waals surface area contributed by atoms with Crippen molar-refractivity contribution in [1.82, 2.24) is 34.7 Å². The van der Waals surface area contributed by atoms with Crippen molar-refractivity contribution in [2.24, 2.45) is 0 Å². The Morgan fingerprint density at radius 2 is 1.91 bits per heavy atom. The number of hydrogen-bond donors (Lipinski definition) is 2. The van der Waals surface area contributed by atoms with Gasteiger partial charge in [0.1, 0.15) is 22.9 Å². The van der Waals surface area contributed by atoms with E-state index in [2.05, 4.69) is 42.4 Å². The third-order valence-corrected chi connectivity index (χ3v) is 6.75. The maximum absolute atomic E-state index is 14.9. The van der Waals surface area contributed by atoms with Crippen LogP contribution in [0.5, 0.6) is 0 Å². The summed E-state index contributed by atoms with van der Waals surface area (Å²) in [4.78, 5) is 19.7. The number of anilines is 2. The third kappa shape index (κ3) is 4.23. The first kappa shape index (κ1) is 22.0. The highest BCUT2D eigenvalue weighted by Crippen LogP contribution is 2.34. The Labute approximate surface area is 201 Å². The fraction of sp³-hybridized carbons (Fsp3) is 0.360. The normalized spacial score (nSPS) is 18.2. The maximum Gasteiger partial charge on any atom is 0.229 e. The van der Waals surface area contributed by atoms with Crippen LogP contribution in [-0.2, 0) is 13.0 Å². The van der Waals surface area contributed by atoms with Crippen molar-refractivity contribution in [3.63, 3.8) is 0 Å². The third-order valence-electron chi connectivity index (χ3n) is 6.75. The molecule has 180 valence electrons. The predicted molar refractivity (Wildman–Crippen MR) is 129 cm³/mol. The molecule has 6 rings (SSSR count). The number of piperazine rings is 1. The van der Waals surface area contributed by atoms with Gasteiger partial charge in [0.05, 0.1) is 11.7 Å². The lowest BCUT2D eigenvalue weighted by Gasteiger charge is -2.27. The number of imidazole rings is 1. The standard InChI is InChI=1S/C25H26F2N8/c1-15-2-5-22-32-24-18(26)10-17(11-20(24)35(15)22)23-19(27)13-30-25(33-23)31-21-4-3-16(12-29-21)14-34-8-6-28-7-9-34/h3-4,10-13,15,28H,2,5-9,14H2,1H3,(H,29,30,31,33)/t15-/m1/s1. The lowest BCUT2D eigenvalue weighted by atomic mass is 10.1. The number of halogens is 2. The SMILES string of the molecule is C[C@@H]1CCc2nc3c(F)cc(-c4nc(Nc5ccc(CN6CCNCC6)cn5)ncc4F)cc3n21. The summed E-state index contributed by atoms with van der Waals surface area (Å²) < 4.78 is 31.7. The number of hydrogen-bond acceptors (Lipinski definition) is 7. The minimum absolute atomic E-state index is 0.0276. The van der Waals surface area contributed by atoms with Gasteiger partial charge in [-0.15, -0.1) is 0 Å². The van der Waals surface area contributed by atoms with Crippen LogP contribution < -0.4 is 10.6 Å². The Kier molecular flexibility index (Phi) is 5.62. The zero-order valence-corrected chi connectivity index (χ0v) is 19.4. The number of fused-ring (bicyclic) bond motifs is 3. The number of nitrogens with one attached hydrogen (secondary N) is 2. The highest BCUT2D eigenvalue weighted by Gasteiger charge is 2.25. The van der Waals surface area contributed by atoms with Crippen molar-refractivity contribution >= 4 is 22.8 Å². The summed E-state index contributed by atoms with van der Waals surface area (Å²) in [6, 6.07) is 7.13. The van der Waals surface area contributed by atoms with E-state index in [0.29, 0.717) is 22.4 Å². The molecule has 2 aliphatic rings. The van der Waals surface area contributed by atoms with Crippen LogP contribution in [0.15, 0.2) is 36.7 Å². The molecule has 1 fully saturated rings. The van der Waals surface area contributed by atoms with Crippen LogP contribution in [-0.4, -0.2) is 55.6 Å². The van der Waals surface area contributed by atoms with Crippen molar-refractivity contribution in [2.45, 2.75) is 32.4 Å². The summed E-state index contributed by atoms with van der Waals surface area (Å²) in [5, 5.41) is 6.38. The average molecular weight is 477 g/mol. The van der Waals surface area contributed by atoms with Gasteiger partial charge in [0.2, 0.25) is 5.95 Å². The molecule has 10 heteroatoms. The molecule has 35 heavy (non-hydrogen) atoms. The number of aryl methyl sites for hydroxylation is 1. The molecule has 0 spiro atoms. The van der Waals surface area contributed by atoms with Gasteiger partial charge in [0.15, 0.2) is 11.6 Å². The summed E-state index contributed by atoms with van der Waals surface area (Å²) in [5.74, 6) is 0.496. The predicted octanol–water partition coefficient (Wildman–Crippen LogP) is 3.82. The molecule has 1 saturated heterocycles. The van der Waals surface area contributed by atoms with E-state index in [1.165, 1.54) is 6.07 Å². The topological polar surface area (TPSA) is 83.8 Å². The molecule has 0 unspecified atom stereocenters. The van der Waals surface area contributed by atoms with Gasteiger partial charge in [-0.05, 0) is 37.1 Å². The van der Waals surface area contributed by atoms with E-state index >= 15 is 0 Å². The molecule has 3 aromatic heterocycles. The fourth-order valence-corrected chi connectivity index (χ4v) is 4.94. The molecule has 0 aliphatic carbocycles. The van der Waals surface area contributed by atoms with E-state index < -0.39 is 11.6 Å². The molecule has 0 saturated carbocycles. The van der Waals surface area contributed by atoms with Crippen LogP contribution in [0.1, 0.15) is 30.8 Å². The second kappa shape index (κ2) is 8.94. The summed E-state index contributed by atoms with van der Waals surface area (Å²) >= 11 is 0. The smallest absolute Gasteiger partial charge is 0.229 e. The van der Waals surface area contributed by atoms with Crippen molar-refractivity contribution in [1.29, 1.82) is 0 Å². The van der Waals surface area contributed by atoms with E-state index in [-0.39, 0.29) is 17.7 Å². The first-order chi connectivity index (χ1) is 17.0. The van der Waals surface area contributed by atoms with Crippen LogP contribution >= 0.6 is 0 Å². The lowest BCUT2D eigenvalue weighted by Crippen LogP contribution is -2.42. The van der Waals surface area contributed by atoms with E-state index in [1.54, 1.807) is 6.07 Å². The second-order valence-electron chi connectivity index (χ2n) is 9.20. The van der Waals surface area contributed by atoms with E-state index in [4.69, 9.17) is 0 Å². The average Bonchev–Trinajstić information content (AvgIpc) is 3.42. The first-order valence-corrected chi connectivity index (χ1v) is 11.9. The molecule has 0 radical (unpaired) electrons. The molecule has 0 amide bonds. The van der Waals surface area contributed by atoms with Crippen molar-refractivity contribution in [2.75, 3.05) is 31.5 Å². The van der Waals surface area contributed by atoms with E-state index in [9.17, 15) is 8.78 Å². The monoisotopic (exact) mass is 476 g/mol. The van der Waals surface area contributed by atoms with Gasteiger partial charge in [0.25, 0.3) is 0 Å². The second-order valence-corrected chi connectivity index (χ2v) is 9.20. The molecule has 8 nitrogen and oxygen atoms in total. The van der Waals surface area contributed by atoms with E-state index in [1.807, 2.05) is 22.9 Å². The van der Waals surface area contributed by atoms with Crippen LogP contribution in [0.2, 0.25) is 0 Å². The van der Waals surface area contributed by atoms with Gasteiger partial charge in [-0.1, -0.05) is 6.07 Å². The van der Waals surface area contributed by atoms with Gasteiger partial charge in [-0.3, -0.25) is 4.90 Å². The van der Waals surface area contributed by atoms with Crippen molar-refractivity contribution in [3.8, 4) is 11.3 Å². The molecule has 0 bridgehead atoms. The van der Waals surface area contributed by atoms with Gasteiger partial charge in [-0.25, -0.2) is 28.7 Å². The molecule has 2 aliphatic heterocycles. The minimum atomic E-state index is -0.622. The van der Waals surface area contributed by atoms with Crippen LogP contribution in [0.25, 0.3) is 22.3 Å². The maximum atomic E-state index is 14.9. The quantitative estimate of drug-likeness (QED) is 0.453. The summed E-state index contributed by atoms with van der Waals surface area (Å²) in [7, 11) is 0. The zero-order chi connectivity index (χ0) is 23.9. The number of pyridine rings is 1. The van der Waals surface area contributed by atoms with Crippen LogP contribution in [0.4, 0.5) is 20.5 Å². The Morgan fingerprint density at radius 3 is 2.71 bits per heavy atom. The van der Waals surface area contributed by atoms with E-state index in [0.717, 1.165) is 63.2 Å². The number of benzene rings is 1. The Morgan fingerprint density at radius 1 is 1.06 bits per heavy atom. The van der Waals surface area contributed by atoms with Gasteiger partial charge < -0.3 is 15.2 Å². The summed E-state index contributed by atoms with van der Waals surface area (Å²) in [6.07, 6.45) is 4.68. The van der Waals surface area contributed by atoms with Crippen molar-refractivity contribution < 1.29 is 8.78 Å². The van der Waals surface area contributed by atoms with Crippen LogP contribution in [0, 0.1) is 11.6 Å². The molecular formula is C25H26F2N8. The molecule has 5 heterocycles. The zero-order valence-electron chi connectivity index (χ0n) is 19.4. The summed E-state index contributed by atoms with van der Waals surface area (Å²) in [6.45, 7) is 6.95. The number of rotatable bonds is 5.